The number of nitrogens with one attached hydrogen (secondary N) is 1. The molecule has 23 heavy (non-hydrogen) atoms. The Balaban J connectivity index is 2.13. The van der Waals surface area contributed by atoms with Gasteiger partial charge in [0.1, 0.15) is 11.6 Å². The minimum atomic E-state index is -0.130. The Bertz CT molecular complexity index is 704. The van der Waals surface area contributed by atoms with E-state index in [1.807, 2.05) is 44.1 Å². The van der Waals surface area contributed by atoms with Gasteiger partial charge in [0.15, 0.2) is 0 Å². The van der Waals surface area contributed by atoms with Crippen molar-refractivity contribution in [2.24, 2.45) is 0 Å². The monoisotopic (exact) mass is 377 g/mol. The van der Waals surface area contributed by atoms with E-state index in [9.17, 15) is 4.79 Å². The van der Waals surface area contributed by atoms with Crippen LogP contribution in [-0.2, 0) is 0 Å². The topological polar surface area (TPSA) is 54.5 Å². The maximum absolute atomic E-state index is 12.4. The molecule has 0 bridgehead atoms. The number of halogens is 1. The smallest absolute Gasteiger partial charge is 0.251 e. The van der Waals surface area contributed by atoms with Crippen LogP contribution in [0.3, 0.4) is 0 Å². The van der Waals surface area contributed by atoms with E-state index in [0.717, 1.165) is 21.6 Å². The van der Waals surface area contributed by atoms with Crippen molar-refractivity contribution in [3.05, 3.63) is 52.1 Å². The normalized spacial score (nSPS) is 11.7. The van der Waals surface area contributed by atoms with Crippen LogP contribution >= 0.6 is 15.9 Å². The fourth-order valence-electron chi connectivity index (χ4n) is 2.12. The zero-order valence-electron chi connectivity index (χ0n) is 13.6. The van der Waals surface area contributed by atoms with Gasteiger partial charge in [0, 0.05) is 25.9 Å². The Kier molecular flexibility index (Phi) is 5.60. The van der Waals surface area contributed by atoms with E-state index in [2.05, 4.69) is 26.2 Å². The van der Waals surface area contributed by atoms with Crippen LogP contribution in [-0.4, -0.2) is 32.1 Å². The highest BCUT2D eigenvalue weighted by molar-refractivity contribution is 9.10. The third kappa shape index (κ3) is 4.22. The van der Waals surface area contributed by atoms with Gasteiger partial charge >= 0.3 is 0 Å². The van der Waals surface area contributed by atoms with Gasteiger partial charge in [0.25, 0.3) is 5.91 Å². The van der Waals surface area contributed by atoms with E-state index in [1.165, 1.54) is 0 Å². The molecule has 2 rings (SSSR count). The van der Waals surface area contributed by atoms with Crippen molar-refractivity contribution in [2.45, 2.75) is 13.0 Å². The second-order valence-electron chi connectivity index (χ2n) is 5.39. The maximum atomic E-state index is 12.4. The average Bonchev–Trinajstić information content (AvgIpc) is 2.54. The number of rotatable bonds is 5. The maximum Gasteiger partial charge on any atom is 0.251 e. The summed E-state index contributed by atoms with van der Waals surface area (Å²) in [6.07, 6.45) is 1.64. The van der Waals surface area contributed by atoms with Crippen LogP contribution in [0.15, 0.2) is 41.0 Å². The number of hydrogen-bond acceptors (Lipinski definition) is 4. The Morgan fingerprint density at radius 2 is 2.04 bits per heavy atom. The van der Waals surface area contributed by atoms with Gasteiger partial charge in [-0.25, -0.2) is 4.98 Å². The van der Waals surface area contributed by atoms with Gasteiger partial charge in [-0.2, -0.15) is 0 Å². The van der Waals surface area contributed by atoms with Crippen LogP contribution in [0.25, 0.3) is 0 Å². The zero-order chi connectivity index (χ0) is 17.0. The van der Waals surface area contributed by atoms with Crippen molar-refractivity contribution < 1.29 is 9.53 Å². The lowest BCUT2D eigenvalue weighted by atomic mass is 10.1. The fourth-order valence-corrected chi connectivity index (χ4v) is 2.68. The summed E-state index contributed by atoms with van der Waals surface area (Å²) in [5.74, 6) is 1.38. The van der Waals surface area contributed by atoms with Crippen molar-refractivity contribution in [3.8, 4) is 5.75 Å². The summed E-state index contributed by atoms with van der Waals surface area (Å²) in [6.45, 7) is 1.94. The summed E-state index contributed by atoms with van der Waals surface area (Å²) in [5, 5.41) is 3.00. The molecule has 5 nitrogen and oxygen atoms in total. The molecular formula is C17H20BrN3O2. The number of methoxy groups -OCH3 is 1. The lowest BCUT2D eigenvalue weighted by Crippen LogP contribution is -2.27. The van der Waals surface area contributed by atoms with Gasteiger partial charge in [0.2, 0.25) is 0 Å². The van der Waals surface area contributed by atoms with Crippen molar-refractivity contribution in [1.29, 1.82) is 0 Å². The molecule has 0 radical (unpaired) electrons. The lowest BCUT2D eigenvalue weighted by Gasteiger charge is -2.17. The first-order chi connectivity index (χ1) is 10.9. The molecule has 1 N–H and O–H groups in total. The molecule has 0 spiro atoms. The van der Waals surface area contributed by atoms with Gasteiger partial charge in [-0.15, -0.1) is 0 Å². The summed E-state index contributed by atoms with van der Waals surface area (Å²) >= 11 is 3.46. The summed E-state index contributed by atoms with van der Waals surface area (Å²) in [6, 6.07) is 9.11. The Hall–Kier alpha value is -2.08. The van der Waals surface area contributed by atoms with E-state index in [-0.39, 0.29) is 11.9 Å². The second-order valence-corrected chi connectivity index (χ2v) is 6.24. The molecule has 0 saturated heterocycles. The van der Waals surface area contributed by atoms with Gasteiger partial charge in [0.05, 0.1) is 17.6 Å². The summed E-state index contributed by atoms with van der Waals surface area (Å²) in [5.41, 5.74) is 1.58. The lowest BCUT2D eigenvalue weighted by molar-refractivity contribution is 0.0940. The molecule has 122 valence electrons. The molecule has 1 aromatic heterocycles. The highest BCUT2D eigenvalue weighted by atomic mass is 79.9. The molecule has 1 amide bonds. The van der Waals surface area contributed by atoms with Crippen LogP contribution in [0, 0.1) is 0 Å². The molecule has 1 unspecified atom stereocenters. The van der Waals surface area contributed by atoms with Crippen LogP contribution in [0.2, 0.25) is 0 Å². The Morgan fingerprint density at radius 3 is 2.65 bits per heavy atom. The number of ether oxygens (including phenoxy) is 1. The highest BCUT2D eigenvalue weighted by Gasteiger charge is 2.14. The third-order valence-electron chi connectivity index (χ3n) is 3.49. The molecule has 1 atom stereocenters. The molecule has 1 heterocycles. The highest BCUT2D eigenvalue weighted by Crippen LogP contribution is 2.28. The number of anilines is 1. The number of hydrogen-bond donors (Lipinski definition) is 1. The van der Waals surface area contributed by atoms with Crippen molar-refractivity contribution in [3.63, 3.8) is 0 Å². The number of pyridine rings is 1. The number of aromatic nitrogens is 1. The predicted molar refractivity (Wildman–Crippen MR) is 95.1 cm³/mol. The van der Waals surface area contributed by atoms with E-state index in [4.69, 9.17) is 4.74 Å². The van der Waals surface area contributed by atoms with Crippen LogP contribution in [0.1, 0.15) is 28.9 Å². The molecule has 0 fully saturated rings. The van der Waals surface area contributed by atoms with Crippen LogP contribution < -0.4 is 15.0 Å². The minimum Gasteiger partial charge on any atom is -0.496 e. The zero-order valence-corrected chi connectivity index (χ0v) is 15.2. The number of benzene rings is 1. The minimum absolute atomic E-state index is 0.124. The molecule has 2 aromatic rings. The third-order valence-corrected chi connectivity index (χ3v) is 4.11. The van der Waals surface area contributed by atoms with E-state index in [1.54, 1.807) is 25.4 Å². The van der Waals surface area contributed by atoms with Gasteiger partial charge < -0.3 is 15.0 Å². The van der Waals surface area contributed by atoms with Crippen molar-refractivity contribution in [2.75, 3.05) is 26.1 Å². The number of amides is 1. The molecule has 0 saturated carbocycles. The van der Waals surface area contributed by atoms with Crippen LogP contribution in [0.5, 0.6) is 5.75 Å². The summed E-state index contributed by atoms with van der Waals surface area (Å²) in [4.78, 5) is 18.5. The molecule has 1 aromatic carbocycles. The van der Waals surface area contributed by atoms with Crippen LogP contribution in [0.4, 0.5) is 5.82 Å². The number of carbonyl (C=O) groups is 1. The first-order valence-electron chi connectivity index (χ1n) is 7.20. The molecule has 0 aliphatic heterocycles. The number of nitrogens with zero attached hydrogens (tertiary/aromatic N) is 2. The average molecular weight is 378 g/mol. The first kappa shape index (κ1) is 17.3. The largest absolute Gasteiger partial charge is 0.496 e. The van der Waals surface area contributed by atoms with E-state index >= 15 is 0 Å². The summed E-state index contributed by atoms with van der Waals surface area (Å²) < 4.78 is 6.08. The second kappa shape index (κ2) is 7.46. The van der Waals surface area contributed by atoms with E-state index in [0.29, 0.717) is 5.56 Å². The van der Waals surface area contributed by atoms with Gasteiger partial charge in [-0.3, -0.25) is 4.79 Å². The standard InChI is InChI=1S/C17H20BrN3O2/c1-11(12-5-6-15(23-4)14(18)9-12)20-17(22)13-7-8-19-16(10-13)21(2)3/h5-11H,1-4H3,(H,20,22). The molecular weight excluding hydrogens is 358 g/mol. The van der Waals surface area contributed by atoms with Gasteiger partial charge in [-0.05, 0) is 52.7 Å². The number of carbonyl (C=O) groups excluding carboxylic acids is 1. The molecule has 0 aliphatic carbocycles. The Morgan fingerprint density at radius 1 is 1.30 bits per heavy atom. The van der Waals surface area contributed by atoms with Crippen molar-refractivity contribution in [1.82, 2.24) is 10.3 Å². The molecule has 6 heteroatoms. The SMILES string of the molecule is COc1ccc(C(C)NC(=O)c2ccnc(N(C)C)c2)cc1Br. The Labute approximate surface area is 144 Å². The quantitative estimate of drug-likeness (QED) is 0.867. The fraction of sp³-hybridized carbons (Fsp3) is 0.294. The first-order valence-corrected chi connectivity index (χ1v) is 7.99. The molecule has 0 aliphatic rings. The van der Waals surface area contributed by atoms with Gasteiger partial charge in [-0.1, -0.05) is 6.07 Å². The van der Waals surface area contributed by atoms with E-state index < -0.39 is 0 Å². The van der Waals surface area contributed by atoms with Crippen molar-refractivity contribution >= 4 is 27.7 Å². The summed E-state index contributed by atoms with van der Waals surface area (Å²) in [7, 11) is 5.40. The predicted octanol–water partition coefficient (Wildman–Crippen LogP) is 3.41.